The van der Waals surface area contributed by atoms with E-state index in [-0.39, 0.29) is 11.5 Å². The van der Waals surface area contributed by atoms with E-state index in [4.69, 9.17) is 4.98 Å². The molecule has 2 aromatic heterocycles. The molecule has 0 radical (unpaired) electrons. The van der Waals surface area contributed by atoms with Gasteiger partial charge in [0.15, 0.2) is 11.4 Å². The molecule has 0 saturated carbocycles. The van der Waals surface area contributed by atoms with Crippen molar-refractivity contribution in [2.45, 2.75) is 6.42 Å². The summed E-state index contributed by atoms with van der Waals surface area (Å²) in [7, 11) is 6.04. The lowest BCUT2D eigenvalue weighted by molar-refractivity contribution is -0.114. The third-order valence-corrected chi connectivity index (χ3v) is 6.74. The van der Waals surface area contributed by atoms with E-state index < -0.39 is 0 Å². The molecule has 4 aromatic rings. The molecule has 1 aliphatic rings. The van der Waals surface area contributed by atoms with Gasteiger partial charge in [0.05, 0.1) is 23.0 Å². The molecule has 0 atom stereocenters. The largest absolute Gasteiger partial charge is 0.506 e. The first kappa shape index (κ1) is 26.3. The molecule has 10 nitrogen and oxygen atoms in total. The molecule has 0 aliphatic carbocycles. The van der Waals surface area contributed by atoms with E-state index >= 15 is 0 Å². The molecule has 0 spiro atoms. The van der Waals surface area contributed by atoms with E-state index in [9.17, 15) is 9.90 Å². The highest BCUT2D eigenvalue weighted by Crippen LogP contribution is 2.33. The van der Waals surface area contributed by atoms with Gasteiger partial charge in [0.2, 0.25) is 5.95 Å². The number of aromatic hydroxyl groups is 1. The van der Waals surface area contributed by atoms with Gasteiger partial charge in [0.25, 0.3) is 0 Å². The number of hydrogen-bond acceptors (Lipinski definition) is 9. The summed E-state index contributed by atoms with van der Waals surface area (Å²) in [5.41, 5.74) is 4.66. The molecule has 0 unspecified atom stereocenters. The highest BCUT2D eigenvalue weighted by molar-refractivity contribution is 5.93. The van der Waals surface area contributed by atoms with Gasteiger partial charge in [-0.2, -0.15) is 10.1 Å². The van der Waals surface area contributed by atoms with E-state index in [1.165, 1.54) is 0 Å². The van der Waals surface area contributed by atoms with E-state index in [2.05, 4.69) is 37.3 Å². The average molecular weight is 527 g/mol. The fourth-order valence-electron chi connectivity index (χ4n) is 4.63. The number of nitrogens with zero attached hydrogens (tertiary/aromatic N) is 6. The van der Waals surface area contributed by atoms with Crippen LogP contribution in [0.2, 0.25) is 0 Å². The predicted octanol–water partition coefficient (Wildman–Crippen LogP) is 3.45. The Bertz CT molecular complexity index is 1490. The second-order valence-corrected chi connectivity index (χ2v) is 10.2. The summed E-state index contributed by atoms with van der Waals surface area (Å²) in [6.45, 7) is 4.30. The Balaban J connectivity index is 1.40. The van der Waals surface area contributed by atoms with Crippen molar-refractivity contribution >= 4 is 34.1 Å². The Morgan fingerprint density at radius 3 is 2.74 bits per heavy atom. The summed E-state index contributed by atoms with van der Waals surface area (Å²) >= 11 is 0. The number of aromatic amines is 1. The van der Waals surface area contributed by atoms with Crippen molar-refractivity contribution in [3.8, 4) is 17.0 Å². The number of piperazine rings is 1. The van der Waals surface area contributed by atoms with E-state index in [0.29, 0.717) is 23.7 Å². The molecule has 1 aliphatic heterocycles. The number of aromatic nitrogens is 4. The molecule has 3 heterocycles. The van der Waals surface area contributed by atoms with E-state index in [1.54, 1.807) is 18.3 Å². The van der Waals surface area contributed by atoms with Crippen molar-refractivity contribution < 1.29 is 9.90 Å². The normalized spacial score (nSPS) is 14.5. The Morgan fingerprint density at radius 1 is 1.13 bits per heavy atom. The summed E-state index contributed by atoms with van der Waals surface area (Å²) in [6, 6.07) is 13.3. The maximum Gasteiger partial charge on any atom is 0.229 e. The molecule has 202 valence electrons. The number of allylic oxidation sites excluding steroid dienone is 1. The molecule has 1 fully saturated rings. The molecule has 0 bridgehead atoms. The van der Waals surface area contributed by atoms with Crippen LogP contribution in [0, 0.1) is 0 Å². The third kappa shape index (κ3) is 6.42. The quantitative estimate of drug-likeness (QED) is 0.223. The fraction of sp³-hybridized carbons (Fsp3) is 0.310. The molecular weight excluding hydrogens is 492 g/mol. The summed E-state index contributed by atoms with van der Waals surface area (Å²) in [6.07, 6.45) is 5.54. The smallest absolute Gasteiger partial charge is 0.229 e. The van der Waals surface area contributed by atoms with Crippen LogP contribution in [0.25, 0.3) is 22.3 Å². The number of nitrogens with one attached hydrogen (secondary N) is 2. The summed E-state index contributed by atoms with van der Waals surface area (Å²) in [5.74, 6) is 0.708. The minimum absolute atomic E-state index is 0.0518. The standard InChI is InChI=1S/C29H34N8O2/c1-35(2)11-5-8-23(38)17-20-6-4-7-21(16-20)27-24-19-30-34-28(24)33-29(32-27)31-22-9-10-26(39)25(18-22)37-14-12-36(3)13-15-37/h4-10,16,18-19,39H,11-15,17H2,1-3H3,(H2,30,31,32,33,34)/b8-5+. The van der Waals surface area contributed by atoms with E-state index in [0.717, 1.165) is 60.6 Å². The van der Waals surface area contributed by atoms with Gasteiger partial charge in [0, 0.05) is 50.4 Å². The number of ketones is 1. The number of benzene rings is 2. The summed E-state index contributed by atoms with van der Waals surface area (Å²) in [5, 5.41) is 21.8. The van der Waals surface area contributed by atoms with Gasteiger partial charge in [-0.05, 0) is 57.0 Å². The molecule has 0 amide bonds. The maximum absolute atomic E-state index is 12.5. The monoisotopic (exact) mass is 526 g/mol. The number of rotatable bonds is 9. The van der Waals surface area contributed by atoms with Crippen LogP contribution in [0.5, 0.6) is 5.75 Å². The summed E-state index contributed by atoms with van der Waals surface area (Å²) in [4.78, 5) is 28.4. The first-order valence-corrected chi connectivity index (χ1v) is 13.0. The molecule has 5 rings (SSSR count). The van der Waals surface area contributed by atoms with Crippen molar-refractivity contribution in [1.29, 1.82) is 0 Å². The van der Waals surface area contributed by atoms with Crippen LogP contribution < -0.4 is 10.2 Å². The van der Waals surface area contributed by atoms with Crippen LogP contribution in [0.1, 0.15) is 5.56 Å². The van der Waals surface area contributed by atoms with Crippen LogP contribution in [0.15, 0.2) is 60.8 Å². The van der Waals surface area contributed by atoms with Crippen LogP contribution in [-0.2, 0) is 11.2 Å². The molecule has 39 heavy (non-hydrogen) atoms. The lowest BCUT2D eigenvalue weighted by atomic mass is 10.0. The molecule has 1 saturated heterocycles. The number of likely N-dealkylation sites (N-methyl/N-ethyl adjacent to an activating group) is 2. The Labute approximate surface area is 228 Å². The lowest BCUT2D eigenvalue weighted by Crippen LogP contribution is -2.44. The minimum atomic E-state index is 0.0518. The van der Waals surface area contributed by atoms with Gasteiger partial charge in [0.1, 0.15) is 5.75 Å². The van der Waals surface area contributed by atoms with Crippen molar-refractivity contribution in [1.82, 2.24) is 30.0 Å². The number of fused-ring (bicyclic) bond motifs is 1. The van der Waals surface area contributed by atoms with Gasteiger partial charge < -0.3 is 25.1 Å². The molecule has 3 N–H and O–H groups in total. The van der Waals surface area contributed by atoms with Crippen molar-refractivity contribution in [3.63, 3.8) is 0 Å². The number of carbonyl (C=O) groups excluding carboxylic acids is 1. The van der Waals surface area contributed by atoms with Gasteiger partial charge in [-0.3, -0.25) is 9.89 Å². The number of phenols is 1. The molecular formula is C29H34N8O2. The number of H-pyrrole nitrogens is 1. The first-order valence-electron chi connectivity index (χ1n) is 13.0. The van der Waals surface area contributed by atoms with Crippen LogP contribution >= 0.6 is 0 Å². The van der Waals surface area contributed by atoms with Gasteiger partial charge >= 0.3 is 0 Å². The zero-order valence-electron chi connectivity index (χ0n) is 22.6. The summed E-state index contributed by atoms with van der Waals surface area (Å²) < 4.78 is 0. The van der Waals surface area contributed by atoms with Crippen molar-refractivity contribution in [2.24, 2.45) is 0 Å². The van der Waals surface area contributed by atoms with Crippen LogP contribution in [0.4, 0.5) is 17.3 Å². The zero-order chi connectivity index (χ0) is 27.4. The highest BCUT2D eigenvalue weighted by Gasteiger charge is 2.18. The second kappa shape index (κ2) is 11.6. The number of carbonyl (C=O) groups is 1. The number of anilines is 3. The number of hydrogen-bond donors (Lipinski definition) is 3. The van der Waals surface area contributed by atoms with Gasteiger partial charge in [-0.1, -0.05) is 24.3 Å². The Hall–Kier alpha value is -4.28. The average Bonchev–Trinajstić information content (AvgIpc) is 3.38. The minimum Gasteiger partial charge on any atom is -0.506 e. The van der Waals surface area contributed by atoms with E-state index in [1.807, 2.05) is 61.5 Å². The third-order valence-electron chi connectivity index (χ3n) is 6.74. The van der Waals surface area contributed by atoms with Gasteiger partial charge in [-0.15, -0.1) is 0 Å². The SMILES string of the molecule is CN(C)C/C=C/C(=O)Cc1cccc(-c2nc(Nc3ccc(O)c(N4CCN(C)CC4)c3)nc3[nH]ncc23)c1. The van der Waals surface area contributed by atoms with Crippen LogP contribution in [-0.4, -0.2) is 94.7 Å². The molecule has 10 heteroatoms. The second-order valence-electron chi connectivity index (χ2n) is 10.2. The fourth-order valence-corrected chi connectivity index (χ4v) is 4.63. The topological polar surface area (TPSA) is 114 Å². The zero-order valence-corrected chi connectivity index (χ0v) is 22.6. The highest BCUT2D eigenvalue weighted by atomic mass is 16.3. The lowest BCUT2D eigenvalue weighted by Gasteiger charge is -2.34. The van der Waals surface area contributed by atoms with Crippen molar-refractivity contribution in [3.05, 3.63) is 66.4 Å². The van der Waals surface area contributed by atoms with Gasteiger partial charge in [-0.25, -0.2) is 4.98 Å². The maximum atomic E-state index is 12.5. The van der Waals surface area contributed by atoms with Crippen molar-refractivity contribution in [2.75, 3.05) is 64.1 Å². The molecule has 2 aromatic carbocycles. The Morgan fingerprint density at radius 2 is 1.95 bits per heavy atom. The number of phenolic OH excluding ortho intramolecular Hbond substituents is 1. The van der Waals surface area contributed by atoms with Crippen LogP contribution in [0.3, 0.4) is 0 Å². The predicted molar refractivity (Wildman–Crippen MR) is 155 cm³/mol. The Kier molecular flexibility index (Phi) is 7.85. The first-order chi connectivity index (χ1) is 18.9.